The number of carbonyl (C=O) groups is 1. The summed E-state index contributed by atoms with van der Waals surface area (Å²) in [6, 6.07) is 20.8. The molecule has 0 aliphatic rings. The van der Waals surface area contributed by atoms with Gasteiger partial charge in [0.15, 0.2) is 0 Å². The van der Waals surface area contributed by atoms with Crippen molar-refractivity contribution in [2.75, 3.05) is 5.32 Å². The maximum Gasteiger partial charge on any atom is 0.248 e. The third-order valence-electron chi connectivity index (χ3n) is 3.94. The molecule has 4 rings (SSSR count). The normalized spacial score (nSPS) is 11.4. The number of rotatable bonds is 3. The number of halogens is 1. The molecule has 3 aromatic carbocycles. The van der Waals surface area contributed by atoms with Gasteiger partial charge in [-0.05, 0) is 42.0 Å². The molecule has 4 aromatic rings. The third kappa shape index (κ3) is 3.28. The van der Waals surface area contributed by atoms with Gasteiger partial charge in [0.25, 0.3) is 0 Å². The lowest BCUT2D eigenvalue weighted by molar-refractivity contribution is -0.111. The van der Waals surface area contributed by atoms with Gasteiger partial charge in [-0.3, -0.25) is 4.79 Å². The van der Waals surface area contributed by atoms with Gasteiger partial charge in [-0.15, -0.1) is 0 Å². The molecule has 0 fully saturated rings. The first kappa shape index (κ1) is 15.5. The maximum atomic E-state index is 12.1. The lowest BCUT2D eigenvalue weighted by atomic mass is 10.1. The Labute approximate surface area is 149 Å². The SMILES string of the molecule is O=C(/C=C/c1ccc(Cl)cc1)Nc1ccc2c(c1)oc1ccccc12. The summed E-state index contributed by atoms with van der Waals surface area (Å²) in [7, 11) is 0. The van der Waals surface area contributed by atoms with E-state index < -0.39 is 0 Å². The highest BCUT2D eigenvalue weighted by molar-refractivity contribution is 6.30. The number of para-hydroxylation sites is 1. The Morgan fingerprint density at radius 3 is 2.52 bits per heavy atom. The van der Waals surface area contributed by atoms with Crippen LogP contribution in [-0.4, -0.2) is 5.91 Å². The number of nitrogens with one attached hydrogen (secondary N) is 1. The monoisotopic (exact) mass is 347 g/mol. The van der Waals surface area contributed by atoms with E-state index in [2.05, 4.69) is 5.32 Å². The van der Waals surface area contributed by atoms with E-state index in [1.54, 1.807) is 18.2 Å². The molecule has 0 radical (unpaired) electrons. The van der Waals surface area contributed by atoms with Crippen molar-refractivity contribution < 1.29 is 9.21 Å². The first-order valence-corrected chi connectivity index (χ1v) is 8.23. The molecular weight excluding hydrogens is 334 g/mol. The second-order valence-electron chi connectivity index (χ2n) is 5.68. The molecule has 1 amide bonds. The molecule has 0 saturated heterocycles. The van der Waals surface area contributed by atoms with E-state index in [0.717, 1.165) is 27.5 Å². The van der Waals surface area contributed by atoms with E-state index in [1.165, 1.54) is 6.08 Å². The van der Waals surface area contributed by atoms with Gasteiger partial charge in [-0.1, -0.05) is 41.9 Å². The number of hydrogen-bond acceptors (Lipinski definition) is 2. The fourth-order valence-corrected chi connectivity index (χ4v) is 2.86. The zero-order chi connectivity index (χ0) is 17.2. The summed E-state index contributed by atoms with van der Waals surface area (Å²) in [5.74, 6) is -0.203. The standard InChI is InChI=1S/C21H14ClNO2/c22-15-8-5-14(6-9-15)7-12-21(24)23-16-10-11-18-17-3-1-2-4-19(17)25-20(18)13-16/h1-13H,(H,23,24)/b12-7+. The van der Waals surface area contributed by atoms with Crippen molar-refractivity contribution in [1.82, 2.24) is 0 Å². The summed E-state index contributed by atoms with van der Waals surface area (Å²) >= 11 is 5.85. The van der Waals surface area contributed by atoms with E-state index in [4.69, 9.17) is 16.0 Å². The summed E-state index contributed by atoms with van der Waals surface area (Å²) < 4.78 is 5.83. The van der Waals surface area contributed by atoms with Crippen molar-refractivity contribution in [3.8, 4) is 0 Å². The van der Waals surface area contributed by atoms with Crippen LogP contribution in [-0.2, 0) is 4.79 Å². The van der Waals surface area contributed by atoms with Crippen molar-refractivity contribution in [3.63, 3.8) is 0 Å². The van der Waals surface area contributed by atoms with Crippen molar-refractivity contribution in [2.24, 2.45) is 0 Å². The third-order valence-corrected chi connectivity index (χ3v) is 4.20. The molecule has 0 saturated carbocycles. The fraction of sp³-hybridized carbons (Fsp3) is 0. The van der Waals surface area contributed by atoms with Gasteiger partial charge in [0.05, 0.1) is 0 Å². The van der Waals surface area contributed by atoms with Crippen LogP contribution in [0.1, 0.15) is 5.56 Å². The first-order valence-electron chi connectivity index (χ1n) is 7.85. The Balaban J connectivity index is 1.54. The average Bonchev–Trinajstić information content (AvgIpc) is 2.99. The summed E-state index contributed by atoms with van der Waals surface area (Å²) in [6.45, 7) is 0. The van der Waals surface area contributed by atoms with Crippen LogP contribution >= 0.6 is 11.6 Å². The number of hydrogen-bond donors (Lipinski definition) is 1. The molecule has 0 spiro atoms. The molecule has 0 aliphatic carbocycles. The predicted octanol–water partition coefficient (Wildman–Crippen LogP) is 5.89. The van der Waals surface area contributed by atoms with E-state index in [1.807, 2.05) is 54.6 Å². The largest absolute Gasteiger partial charge is 0.456 e. The van der Waals surface area contributed by atoms with Crippen LogP contribution in [0.4, 0.5) is 5.69 Å². The van der Waals surface area contributed by atoms with Crippen LogP contribution in [0.5, 0.6) is 0 Å². The lowest BCUT2D eigenvalue weighted by Gasteiger charge is -2.02. The molecule has 25 heavy (non-hydrogen) atoms. The zero-order valence-electron chi connectivity index (χ0n) is 13.2. The predicted molar refractivity (Wildman–Crippen MR) is 103 cm³/mol. The van der Waals surface area contributed by atoms with Crippen LogP contribution < -0.4 is 5.32 Å². The van der Waals surface area contributed by atoms with E-state index in [9.17, 15) is 4.79 Å². The van der Waals surface area contributed by atoms with Gasteiger partial charge in [0.2, 0.25) is 5.91 Å². The van der Waals surface area contributed by atoms with Crippen LogP contribution in [0, 0.1) is 0 Å². The molecule has 0 unspecified atom stereocenters. The highest BCUT2D eigenvalue weighted by Gasteiger charge is 2.07. The average molecular weight is 348 g/mol. The molecule has 1 aromatic heterocycles. The highest BCUT2D eigenvalue weighted by Crippen LogP contribution is 2.30. The molecule has 0 bridgehead atoms. The van der Waals surface area contributed by atoms with Gasteiger partial charge >= 0.3 is 0 Å². The molecular formula is C21H14ClNO2. The molecule has 122 valence electrons. The van der Waals surface area contributed by atoms with Crippen LogP contribution in [0.3, 0.4) is 0 Å². The number of benzene rings is 3. The van der Waals surface area contributed by atoms with Gasteiger partial charge in [-0.2, -0.15) is 0 Å². The Morgan fingerprint density at radius 1 is 0.920 bits per heavy atom. The van der Waals surface area contributed by atoms with E-state index in [0.29, 0.717) is 10.7 Å². The molecule has 4 heteroatoms. The minimum absolute atomic E-state index is 0.203. The summed E-state index contributed by atoms with van der Waals surface area (Å²) in [5.41, 5.74) is 3.19. The Hall–Kier alpha value is -3.04. The molecule has 1 heterocycles. The summed E-state index contributed by atoms with van der Waals surface area (Å²) in [6.07, 6.45) is 3.23. The highest BCUT2D eigenvalue weighted by atomic mass is 35.5. The second kappa shape index (κ2) is 6.46. The van der Waals surface area contributed by atoms with Gasteiger partial charge in [0, 0.05) is 33.6 Å². The quantitative estimate of drug-likeness (QED) is 0.469. The maximum absolute atomic E-state index is 12.1. The van der Waals surface area contributed by atoms with Crippen LogP contribution in [0.2, 0.25) is 5.02 Å². The molecule has 0 aliphatic heterocycles. The molecule has 0 atom stereocenters. The number of carbonyl (C=O) groups excluding carboxylic acids is 1. The Bertz CT molecular complexity index is 1090. The first-order chi connectivity index (χ1) is 12.2. The number of furan rings is 1. The number of amides is 1. The van der Waals surface area contributed by atoms with E-state index in [-0.39, 0.29) is 5.91 Å². The van der Waals surface area contributed by atoms with Crippen LogP contribution in [0.25, 0.3) is 28.0 Å². The molecule has 1 N–H and O–H groups in total. The lowest BCUT2D eigenvalue weighted by Crippen LogP contribution is -2.07. The fourth-order valence-electron chi connectivity index (χ4n) is 2.73. The van der Waals surface area contributed by atoms with Crippen molar-refractivity contribution in [2.45, 2.75) is 0 Å². The summed E-state index contributed by atoms with van der Waals surface area (Å²) in [5, 5.41) is 5.62. The van der Waals surface area contributed by atoms with Gasteiger partial charge in [0.1, 0.15) is 11.2 Å². The zero-order valence-corrected chi connectivity index (χ0v) is 14.0. The topological polar surface area (TPSA) is 42.2 Å². The minimum Gasteiger partial charge on any atom is -0.456 e. The van der Waals surface area contributed by atoms with Crippen molar-refractivity contribution >= 4 is 51.2 Å². The Kier molecular flexibility index (Phi) is 4.00. The van der Waals surface area contributed by atoms with Crippen molar-refractivity contribution in [1.29, 1.82) is 0 Å². The minimum atomic E-state index is -0.203. The number of anilines is 1. The smallest absolute Gasteiger partial charge is 0.248 e. The van der Waals surface area contributed by atoms with Gasteiger partial charge < -0.3 is 9.73 Å². The molecule has 3 nitrogen and oxygen atoms in total. The van der Waals surface area contributed by atoms with Gasteiger partial charge in [-0.25, -0.2) is 0 Å². The second-order valence-corrected chi connectivity index (χ2v) is 6.12. The van der Waals surface area contributed by atoms with Crippen LogP contribution in [0.15, 0.2) is 77.2 Å². The number of fused-ring (bicyclic) bond motifs is 3. The summed E-state index contributed by atoms with van der Waals surface area (Å²) in [4.78, 5) is 12.1. The van der Waals surface area contributed by atoms with E-state index >= 15 is 0 Å². The van der Waals surface area contributed by atoms with Crippen molar-refractivity contribution in [3.05, 3.63) is 83.4 Å². The Morgan fingerprint density at radius 2 is 1.68 bits per heavy atom.